The van der Waals surface area contributed by atoms with Gasteiger partial charge in [0.15, 0.2) is 6.17 Å². The number of alkyl halides is 3. The quantitative estimate of drug-likeness (QED) is 0.622. The van der Waals surface area contributed by atoms with E-state index in [9.17, 15) is 13.2 Å². The molecule has 0 aliphatic heterocycles. The molecule has 1 rings (SSSR count). The lowest BCUT2D eigenvalue weighted by molar-refractivity contribution is 0.0496. The summed E-state index contributed by atoms with van der Waals surface area (Å²) < 4.78 is 36.0. The van der Waals surface area contributed by atoms with E-state index in [1.807, 2.05) is 0 Å². The summed E-state index contributed by atoms with van der Waals surface area (Å²) in [5.41, 5.74) is -0.00116. The van der Waals surface area contributed by atoms with Gasteiger partial charge in [-0.2, -0.15) is 0 Å². The van der Waals surface area contributed by atoms with Crippen LogP contribution in [-0.2, 0) is 0 Å². The van der Waals surface area contributed by atoms with Crippen LogP contribution in [0, 0.1) is 6.07 Å². The Morgan fingerprint density at radius 2 is 1.64 bits per heavy atom. The monoisotopic (exact) mass is 159 g/mol. The average Bonchev–Trinajstić information content (AvgIpc) is 2.05. The first-order valence-corrected chi connectivity index (χ1v) is 3.10. The van der Waals surface area contributed by atoms with Gasteiger partial charge in [-0.15, -0.1) is 0 Å². The maximum absolute atomic E-state index is 12.5. The van der Waals surface area contributed by atoms with Gasteiger partial charge in [-0.1, -0.05) is 24.3 Å². The summed E-state index contributed by atoms with van der Waals surface area (Å²) in [6.45, 7) is 0. The molecule has 0 aliphatic carbocycles. The first-order valence-electron chi connectivity index (χ1n) is 3.10. The van der Waals surface area contributed by atoms with Gasteiger partial charge in [-0.25, -0.2) is 13.2 Å². The molecule has 0 bridgehead atoms. The van der Waals surface area contributed by atoms with Gasteiger partial charge < -0.3 is 0 Å². The molecule has 3 heteroatoms. The second-order valence-electron chi connectivity index (χ2n) is 2.07. The van der Waals surface area contributed by atoms with Crippen LogP contribution < -0.4 is 0 Å². The van der Waals surface area contributed by atoms with Crippen LogP contribution >= 0.6 is 0 Å². The fourth-order valence-electron chi connectivity index (χ4n) is 0.729. The molecule has 0 heterocycles. The van der Waals surface area contributed by atoms with E-state index in [4.69, 9.17) is 0 Å². The van der Waals surface area contributed by atoms with Crippen molar-refractivity contribution < 1.29 is 13.2 Å². The zero-order chi connectivity index (χ0) is 8.27. The second-order valence-corrected chi connectivity index (χ2v) is 2.07. The van der Waals surface area contributed by atoms with Gasteiger partial charge in [0.2, 0.25) is 0 Å². The molecule has 0 aliphatic rings. The summed E-state index contributed by atoms with van der Waals surface area (Å²) >= 11 is 0. The third kappa shape index (κ3) is 1.97. The van der Waals surface area contributed by atoms with Gasteiger partial charge in [0.25, 0.3) is 6.43 Å². The molecule has 1 atom stereocenters. The van der Waals surface area contributed by atoms with E-state index in [0.29, 0.717) is 0 Å². The SMILES string of the molecule is FC(F)C(F)c1cc[c]cc1. The minimum Gasteiger partial charge on any atom is -0.236 e. The Bertz CT molecular complexity index is 208. The minimum atomic E-state index is -2.95. The Balaban J connectivity index is 2.77. The van der Waals surface area contributed by atoms with E-state index in [-0.39, 0.29) is 5.56 Å². The normalized spacial score (nSPS) is 13.5. The molecule has 0 N–H and O–H groups in total. The van der Waals surface area contributed by atoms with Gasteiger partial charge in [-0.3, -0.25) is 0 Å². The van der Waals surface area contributed by atoms with Crippen molar-refractivity contribution in [2.45, 2.75) is 12.6 Å². The van der Waals surface area contributed by atoms with E-state index in [0.717, 1.165) is 0 Å². The molecule has 59 valence electrons. The Kier molecular flexibility index (Phi) is 2.52. The summed E-state index contributed by atoms with van der Waals surface area (Å²) in [5, 5.41) is 0. The van der Waals surface area contributed by atoms with E-state index in [1.54, 1.807) is 0 Å². The summed E-state index contributed by atoms with van der Waals surface area (Å²) in [5.74, 6) is 0. The van der Waals surface area contributed by atoms with Crippen molar-refractivity contribution in [3.05, 3.63) is 35.9 Å². The molecule has 1 radical (unpaired) electrons. The number of halogens is 3. The summed E-state index contributed by atoms with van der Waals surface area (Å²) in [6, 6.07) is 8.01. The molecule has 1 aromatic rings. The van der Waals surface area contributed by atoms with Crippen LogP contribution in [0.2, 0.25) is 0 Å². The Morgan fingerprint density at radius 3 is 2.09 bits per heavy atom. The van der Waals surface area contributed by atoms with Gasteiger partial charge in [-0.05, 0) is 11.6 Å². The molecule has 0 spiro atoms. The lowest BCUT2D eigenvalue weighted by atomic mass is 10.1. The zero-order valence-corrected chi connectivity index (χ0v) is 5.60. The van der Waals surface area contributed by atoms with Crippen molar-refractivity contribution >= 4 is 0 Å². The molecule has 0 amide bonds. The summed E-state index contributed by atoms with van der Waals surface area (Å²) in [6.07, 6.45) is -5.12. The summed E-state index contributed by atoms with van der Waals surface area (Å²) in [4.78, 5) is 0. The van der Waals surface area contributed by atoms with Gasteiger partial charge in [0.1, 0.15) is 0 Å². The van der Waals surface area contributed by atoms with Crippen molar-refractivity contribution in [2.24, 2.45) is 0 Å². The van der Waals surface area contributed by atoms with Crippen molar-refractivity contribution in [3.8, 4) is 0 Å². The van der Waals surface area contributed by atoms with Crippen LogP contribution in [0.5, 0.6) is 0 Å². The van der Waals surface area contributed by atoms with Gasteiger partial charge in [0, 0.05) is 0 Å². The van der Waals surface area contributed by atoms with Crippen LogP contribution in [-0.4, -0.2) is 6.43 Å². The van der Waals surface area contributed by atoms with Crippen molar-refractivity contribution in [2.75, 3.05) is 0 Å². The molecule has 11 heavy (non-hydrogen) atoms. The van der Waals surface area contributed by atoms with Crippen LogP contribution in [0.1, 0.15) is 11.7 Å². The highest BCUT2D eigenvalue weighted by atomic mass is 19.3. The predicted molar refractivity (Wildman–Crippen MR) is 35.1 cm³/mol. The fourth-order valence-corrected chi connectivity index (χ4v) is 0.729. The number of rotatable bonds is 2. The maximum Gasteiger partial charge on any atom is 0.273 e. The topological polar surface area (TPSA) is 0 Å². The van der Waals surface area contributed by atoms with E-state index in [1.165, 1.54) is 24.3 Å². The van der Waals surface area contributed by atoms with Gasteiger partial charge in [0.05, 0.1) is 0 Å². The molecular weight excluding hydrogens is 153 g/mol. The minimum absolute atomic E-state index is 0.00116. The summed E-state index contributed by atoms with van der Waals surface area (Å²) in [7, 11) is 0. The van der Waals surface area contributed by atoms with E-state index >= 15 is 0 Å². The highest BCUT2D eigenvalue weighted by Crippen LogP contribution is 2.23. The van der Waals surface area contributed by atoms with Crippen molar-refractivity contribution in [3.63, 3.8) is 0 Å². The molecule has 1 unspecified atom stereocenters. The third-order valence-corrected chi connectivity index (χ3v) is 1.28. The third-order valence-electron chi connectivity index (χ3n) is 1.28. The maximum atomic E-state index is 12.5. The number of benzene rings is 1. The van der Waals surface area contributed by atoms with Crippen LogP contribution in [0.15, 0.2) is 24.3 Å². The fraction of sp³-hybridized carbons (Fsp3) is 0.250. The van der Waals surface area contributed by atoms with E-state index < -0.39 is 12.6 Å². The van der Waals surface area contributed by atoms with E-state index in [2.05, 4.69) is 6.07 Å². The highest BCUT2D eigenvalue weighted by Gasteiger charge is 2.20. The molecule has 0 saturated carbocycles. The lowest BCUT2D eigenvalue weighted by Crippen LogP contribution is -2.02. The molecular formula is C8H6F3. The molecule has 1 aromatic carbocycles. The highest BCUT2D eigenvalue weighted by molar-refractivity contribution is 5.16. The van der Waals surface area contributed by atoms with Crippen LogP contribution in [0.4, 0.5) is 13.2 Å². The zero-order valence-electron chi connectivity index (χ0n) is 5.60. The predicted octanol–water partition coefficient (Wildman–Crippen LogP) is 2.76. The Morgan fingerprint density at radius 1 is 1.09 bits per heavy atom. The van der Waals surface area contributed by atoms with Crippen molar-refractivity contribution in [1.29, 1.82) is 0 Å². The van der Waals surface area contributed by atoms with Crippen LogP contribution in [0.25, 0.3) is 0 Å². The largest absolute Gasteiger partial charge is 0.273 e. The number of hydrogen-bond donors (Lipinski definition) is 0. The Hall–Kier alpha value is -0.990. The number of hydrogen-bond acceptors (Lipinski definition) is 0. The van der Waals surface area contributed by atoms with Crippen molar-refractivity contribution in [1.82, 2.24) is 0 Å². The molecule has 0 fully saturated rings. The first-order chi connectivity index (χ1) is 5.22. The standard InChI is InChI=1S/C8H6F3/c9-7(8(10)11)6-4-2-1-3-5-6/h2-5,7-8H. The lowest BCUT2D eigenvalue weighted by Gasteiger charge is -2.05. The van der Waals surface area contributed by atoms with Crippen LogP contribution in [0.3, 0.4) is 0 Å². The molecule has 0 aromatic heterocycles. The first kappa shape index (κ1) is 8.11. The molecule has 0 saturated heterocycles. The smallest absolute Gasteiger partial charge is 0.236 e. The molecule has 0 nitrogen and oxygen atoms in total. The van der Waals surface area contributed by atoms with Gasteiger partial charge >= 0.3 is 0 Å². The second kappa shape index (κ2) is 3.42. The average molecular weight is 159 g/mol. The Labute approximate surface area is 62.7 Å².